The molecule has 0 saturated carbocycles. The van der Waals surface area contributed by atoms with Crippen molar-refractivity contribution in [1.29, 1.82) is 0 Å². The zero-order valence-corrected chi connectivity index (χ0v) is 14.3. The maximum Gasteiger partial charge on any atom is 0.294 e. The zero-order valence-electron chi connectivity index (χ0n) is 13.5. The second-order valence-corrected chi connectivity index (χ2v) is 6.67. The van der Waals surface area contributed by atoms with Crippen LogP contribution in [0.1, 0.15) is 12.8 Å². The van der Waals surface area contributed by atoms with Crippen LogP contribution >= 0.6 is 11.3 Å². The summed E-state index contributed by atoms with van der Waals surface area (Å²) in [5.74, 6) is 2.07. The van der Waals surface area contributed by atoms with Crippen molar-refractivity contribution in [3.63, 3.8) is 0 Å². The summed E-state index contributed by atoms with van der Waals surface area (Å²) in [4.78, 5) is 5.32. The van der Waals surface area contributed by atoms with Gasteiger partial charge in [0.05, 0.1) is 26.5 Å². The Morgan fingerprint density at radius 3 is 2.92 bits per heavy atom. The van der Waals surface area contributed by atoms with Crippen LogP contribution in [0.4, 0.5) is 0 Å². The fourth-order valence-electron chi connectivity index (χ4n) is 2.88. The van der Waals surface area contributed by atoms with E-state index in [0.717, 1.165) is 34.6 Å². The summed E-state index contributed by atoms with van der Waals surface area (Å²) in [6, 6.07) is 5.87. The Bertz CT molecular complexity index is 1030. The van der Waals surface area contributed by atoms with Crippen LogP contribution in [0.25, 0.3) is 27.4 Å². The molecule has 0 unspecified atom stereocenters. The molecular formula is C17H15N3O4S. The molecule has 0 saturated heterocycles. The number of hydrogen-bond donors (Lipinski definition) is 0. The maximum atomic E-state index is 6.07. The van der Waals surface area contributed by atoms with E-state index >= 15 is 0 Å². The van der Waals surface area contributed by atoms with Gasteiger partial charge >= 0.3 is 0 Å². The molecule has 0 bridgehead atoms. The summed E-state index contributed by atoms with van der Waals surface area (Å²) in [7, 11) is 1.59. The van der Waals surface area contributed by atoms with E-state index < -0.39 is 0 Å². The Kier molecular flexibility index (Phi) is 3.30. The highest BCUT2D eigenvalue weighted by Gasteiger charge is 2.19. The minimum Gasteiger partial charge on any atom is -0.490 e. The van der Waals surface area contributed by atoms with Crippen molar-refractivity contribution in [1.82, 2.24) is 14.6 Å². The third-order valence-corrected chi connectivity index (χ3v) is 4.98. The molecule has 0 radical (unpaired) electrons. The van der Waals surface area contributed by atoms with Crippen molar-refractivity contribution in [3.8, 4) is 28.1 Å². The standard InChI is InChI=1S/C17H15N3O4S/c1-21-17-19-20-9-11(18-16(20)25-17)13-8-10-4-5-12-15(14(10)24-13)23-7-3-2-6-22-12/h4-5,8-9H,2-3,6-7H2,1H3. The van der Waals surface area contributed by atoms with Gasteiger partial charge in [-0.1, -0.05) is 0 Å². The second-order valence-electron chi connectivity index (χ2n) is 5.75. The number of ether oxygens (including phenoxy) is 3. The van der Waals surface area contributed by atoms with Gasteiger partial charge in [-0.05, 0) is 42.4 Å². The highest BCUT2D eigenvalue weighted by atomic mass is 32.1. The smallest absolute Gasteiger partial charge is 0.294 e. The summed E-state index contributed by atoms with van der Waals surface area (Å²) in [5, 5.41) is 5.82. The first-order valence-corrected chi connectivity index (χ1v) is 8.86. The van der Waals surface area contributed by atoms with E-state index in [1.807, 2.05) is 24.4 Å². The predicted molar refractivity (Wildman–Crippen MR) is 92.8 cm³/mol. The van der Waals surface area contributed by atoms with E-state index in [1.165, 1.54) is 11.3 Å². The molecule has 25 heavy (non-hydrogen) atoms. The lowest BCUT2D eigenvalue weighted by atomic mass is 10.2. The van der Waals surface area contributed by atoms with Crippen LogP contribution in [-0.4, -0.2) is 34.9 Å². The van der Waals surface area contributed by atoms with Gasteiger partial charge in [0, 0.05) is 5.39 Å². The van der Waals surface area contributed by atoms with Crippen LogP contribution in [0, 0.1) is 0 Å². The molecule has 0 amide bonds. The first-order valence-electron chi connectivity index (χ1n) is 8.04. The number of fused-ring (bicyclic) bond motifs is 4. The molecule has 0 spiro atoms. The Hall–Kier alpha value is -2.74. The number of imidazole rings is 1. The number of rotatable bonds is 2. The van der Waals surface area contributed by atoms with Crippen molar-refractivity contribution in [2.24, 2.45) is 0 Å². The van der Waals surface area contributed by atoms with Gasteiger partial charge in [0.15, 0.2) is 17.1 Å². The Morgan fingerprint density at radius 1 is 1.20 bits per heavy atom. The molecule has 7 nitrogen and oxygen atoms in total. The molecule has 0 fully saturated rings. The molecule has 4 aromatic rings. The van der Waals surface area contributed by atoms with Crippen molar-refractivity contribution >= 4 is 27.3 Å². The maximum absolute atomic E-state index is 6.07. The van der Waals surface area contributed by atoms with E-state index in [4.69, 9.17) is 18.6 Å². The zero-order chi connectivity index (χ0) is 16.8. The normalized spacial score (nSPS) is 14.6. The molecule has 0 atom stereocenters. The molecule has 8 heteroatoms. The molecule has 128 valence electrons. The highest BCUT2D eigenvalue weighted by molar-refractivity contribution is 7.18. The monoisotopic (exact) mass is 357 g/mol. The summed E-state index contributed by atoms with van der Waals surface area (Å²) >= 11 is 1.38. The topological polar surface area (TPSA) is 71.0 Å². The van der Waals surface area contributed by atoms with Gasteiger partial charge in [0.2, 0.25) is 10.7 Å². The van der Waals surface area contributed by atoms with Gasteiger partial charge in [-0.2, -0.15) is 0 Å². The fourth-order valence-corrected chi connectivity index (χ4v) is 3.58. The van der Waals surface area contributed by atoms with Crippen molar-refractivity contribution in [2.45, 2.75) is 12.8 Å². The van der Waals surface area contributed by atoms with Crippen LogP contribution in [0.2, 0.25) is 0 Å². The van der Waals surface area contributed by atoms with E-state index in [0.29, 0.717) is 35.5 Å². The number of furan rings is 1. The molecule has 1 aliphatic rings. The average molecular weight is 357 g/mol. The van der Waals surface area contributed by atoms with Gasteiger partial charge in [0.25, 0.3) is 5.19 Å². The van der Waals surface area contributed by atoms with Gasteiger partial charge in [-0.15, -0.1) is 5.10 Å². The third-order valence-electron chi connectivity index (χ3n) is 4.10. The molecule has 1 aliphatic heterocycles. The molecule has 4 heterocycles. The number of nitrogens with zero attached hydrogens (tertiary/aromatic N) is 3. The molecular weight excluding hydrogens is 342 g/mol. The van der Waals surface area contributed by atoms with Crippen LogP contribution < -0.4 is 14.2 Å². The lowest BCUT2D eigenvalue weighted by molar-refractivity contribution is 0.224. The van der Waals surface area contributed by atoms with Gasteiger partial charge in [-0.25, -0.2) is 9.50 Å². The molecule has 0 N–H and O–H groups in total. The average Bonchev–Trinajstić information content (AvgIpc) is 3.26. The fraction of sp³-hybridized carbons (Fsp3) is 0.294. The first kappa shape index (κ1) is 14.6. The quantitative estimate of drug-likeness (QED) is 0.544. The lowest BCUT2D eigenvalue weighted by Gasteiger charge is -2.16. The van der Waals surface area contributed by atoms with Gasteiger partial charge in [0.1, 0.15) is 5.69 Å². The number of aromatic nitrogens is 3. The van der Waals surface area contributed by atoms with E-state index in [2.05, 4.69) is 10.1 Å². The van der Waals surface area contributed by atoms with Crippen molar-refractivity contribution in [3.05, 3.63) is 24.4 Å². The Morgan fingerprint density at radius 2 is 2.08 bits per heavy atom. The lowest BCUT2D eigenvalue weighted by Crippen LogP contribution is -2.08. The van der Waals surface area contributed by atoms with E-state index in [-0.39, 0.29) is 0 Å². The summed E-state index contributed by atoms with van der Waals surface area (Å²) in [5.41, 5.74) is 1.41. The largest absolute Gasteiger partial charge is 0.490 e. The minimum absolute atomic E-state index is 0.575. The van der Waals surface area contributed by atoms with E-state index in [9.17, 15) is 0 Å². The summed E-state index contributed by atoms with van der Waals surface area (Å²) in [6.07, 6.45) is 3.78. The molecule has 1 aromatic carbocycles. The molecule has 0 aliphatic carbocycles. The third kappa shape index (κ3) is 2.41. The number of benzene rings is 1. The first-order chi connectivity index (χ1) is 12.3. The summed E-state index contributed by atoms with van der Waals surface area (Å²) in [6.45, 7) is 1.36. The predicted octanol–water partition coefficient (Wildman–Crippen LogP) is 3.76. The van der Waals surface area contributed by atoms with Gasteiger partial charge in [-0.3, -0.25) is 0 Å². The van der Waals surface area contributed by atoms with Crippen LogP contribution in [0.3, 0.4) is 0 Å². The molecule has 3 aromatic heterocycles. The molecule has 5 rings (SSSR count). The van der Waals surface area contributed by atoms with Crippen molar-refractivity contribution in [2.75, 3.05) is 20.3 Å². The van der Waals surface area contributed by atoms with Crippen LogP contribution in [-0.2, 0) is 0 Å². The number of hydrogen-bond acceptors (Lipinski definition) is 7. The highest BCUT2D eigenvalue weighted by Crippen LogP contribution is 2.40. The second kappa shape index (κ2) is 5.66. The number of methoxy groups -OCH3 is 1. The van der Waals surface area contributed by atoms with Crippen molar-refractivity contribution < 1.29 is 18.6 Å². The summed E-state index contributed by atoms with van der Waals surface area (Å²) < 4.78 is 24.6. The Balaban J connectivity index is 1.60. The van der Waals surface area contributed by atoms with Crippen LogP contribution in [0.5, 0.6) is 16.7 Å². The minimum atomic E-state index is 0.575. The van der Waals surface area contributed by atoms with Gasteiger partial charge < -0.3 is 18.6 Å². The van der Waals surface area contributed by atoms with Crippen LogP contribution in [0.15, 0.2) is 28.8 Å². The van der Waals surface area contributed by atoms with E-state index in [1.54, 1.807) is 11.6 Å². The Labute approximate surface area is 146 Å². The SMILES string of the molecule is COc1nn2cc(-c3cc4ccc5c(c4o3)OCCCCO5)nc2s1.